The van der Waals surface area contributed by atoms with Crippen LogP contribution in [-0.4, -0.2) is 25.2 Å². The van der Waals surface area contributed by atoms with E-state index >= 15 is 0 Å². The van der Waals surface area contributed by atoms with Crippen LogP contribution in [0.5, 0.6) is 5.88 Å². The van der Waals surface area contributed by atoms with Gasteiger partial charge in [-0.05, 0) is 5.56 Å². The third-order valence-corrected chi connectivity index (χ3v) is 2.19. The molecule has 17 heavy (non-hydrogen) atoms. The van der Waals surface area contributed by atoms with Crippen LogP contribution in [0.25, 0.3) is 0 Å². The summed E-state index contributed by atoms with van der Waals surface area (Å²) >= 11 is 0. The van der Waals surface area contributed by atoms with Crippen LogP contribution in [0.15, 0.2) is 6.20 Å². The molecule has 7 heteroatoms. The van der Waals surface area contributed by atoms with E-state index < -0.39 is 18.0 Å². The Morgan fingerprint density at radius 2 is 2.18 bits per heavy atom. The van der Waals surface area contributed by atoms with Gasteiger partial charge in [-0.2, -0.15) is 0 Å². The maximum atomic E-state index is 12.9. The minimum atomic E-state index is -2.86. The van der Waals surface area contributed by atoms with Crippen molar-refractivity contribution in [2.24, 2.45) is 5.73 Å². The second-order valence-electron chi connectivity index (χ2n) is 3.08. The minimum absolute atomic E-state index is 0.0844. The number of pyridine rings is 1. The number of hydrogen-bond donors (Lipinski definition) is 1. The number of hydrogen-bond acceptors (Lipinski definition) is 5. The molecule has 1 aromatic heterocycles. The van der Waals surface area contributed by atoms with Gasteiger partial charge in [-0.1, -0.05) is 0 Å². The lowest BCUT2D eigenvalue weighted by Gasteiger charge is -2.14. The molecule has 1 heterocycles. The van der Waals surface area contributed by atoms with Gasteiger partial charge in [0.1, 0.15) is 5.56 Å². The zero-order valence-electron chi connectivity index (χ0n) is 9.37. The highest BCUT2D eigenvalue weighted by molar-refractivity contribution is 5.94. The number of aromatic nitrogens is 1. The summed E-state index contributed by atoms with van der Waals surface area (Å²) in [6.07, 6.45) is -1.70. The van der Waals surface area contributed by atoms with Crippen LogP contribution in [0, 0.1) is 0 Å². The van der Waals surface area contributed by atoms with Crippen LogP contribution in [0.4, 0.5) is 8.78 Å². The summed E-state index contributed by atoms with van der Waals surface area (Å²) in [5, 5.41) is 0. The number of esters is 1. The van der Waals surface area contributed by atoms with Crippen molar-refractivity contribution in [2.45, 2.75) is 13.0 Å². The topological polar surface area (TPSA) is 74.4 Å². The van der Waals surface area contributed by atoms with Gasteiger partial charge < -0.3 is 15.2 Å². The maximum Gasteiger partial charge on any atom is 0.343 e. The highest BCUT2D eigenvalue weighted by Gasteiger charge is 2.27. The Labute approximate surface area is 96.5 Å². The van der Waals surface area contributed by atoms with Crippen molar-refractivity contribution < 1.29 is 23.0 Å². The Balaban J connectivity index is 3.52. The summed E-state index contributed by atoms with van der Waals surface area (Å²) in [5.74, 6) is -1.13. The van der Waals surface area contributed by atoms with Gasteiger partial charge in [0.15, 0.2) is 0 Å². The molecule has 0 saturated heterocycles. The van der Waals surface area contributed by atoms with E-state index in [0.29, 0.717) is 0 Å². The molecule has 94 valence electrons. The molecule has 2 N–H and O–H groups in total. The lowest BCUT2D eigenvalue weighted by molar-refractivity contribution is 0.0583. The Bertz CT molecular complexity index is 424. The number of alkyl halides is 2. The van der Waals surface area contributed by atoms with E-state index in [1.54, 1.807) is 0 Å². The highest BCUT2D eigenvalue weighted by Crippen LogP contribution is 2.31. The van der Waals surface area contributed by atoms with Gasteiger partial charge in [0.2, 0.25) is 5.88 Å². The fourth-order valence-corrected chi connectivity index (χ4v) is 1.41. The molecule has 0 aromatic carbocycles. The van der Waals surface area contributed by atoms with Crippen molar-refractivity contribution in [1.82, 2.24) is 4.98 Å². The van der Waals surface area contributed by atoms with Gasteiger partial charge in [0.25, 0.3) is 6.43 Å². The average Bonchev–Trinajstić information content (AvgIpc) is 2.35. The monoisotopic (exact) mass is 246 g/mol. The summed E-state index contributed by atoms with van der Waals surface area (Å²) in [7, 11) is 2.32. The molecule has 0 aliphatic heterocycles. The van der Waals surface area contributed by atoms with Gasteiger partial charge in [0.05, 0.1) is 14.2 Å². The van der Waals surface area contributed by atoms with Gasteiger partial charge in [0, 0.05) is 18.3 Å². The number of nitrogens with zero attached hydrogens (tertiary/aromatic N) is 1. The van der Waals surface area contributed by atoms with E-state index in [-0.39, 0.29) is 23.6 Å². The molecule has 0 amide bonds. The number of rotatable bonds is 4. The van der Waals surface area contributed by atoms with Crippen molar-refractivity contribution in [3.05, 3.63) is 22.9 Å². The summed E-state index contributed by atoms with van der Waals surface area (Å²) in [5.41, 5.74) is 4.53. The number of methoxy groups -OCH3 is 2. The Morgan fingerprint density at radius 3 is 2.59 bits per heavy atom. The lowest BCUT2D eigenvalue weighted by Crippen LogP contribution is -2.14. The first-order valence-electron chi connectivity index (χ1n) is 4.69. The van der Waals surface area contributed by atoms with E-state index in [4.69, 9.17) is 10.5 Å². The predicted octanol–water partition coefficient (Wildman–Crippen LogP) is 1.27. The predicted molar refractivity (Wildman–Crippen MR) is 55.0 cm³/mol. The molecule has 0 spiro atoms. The fraction of sp³-hybridized carbons (Fsp3) is 0.400. The smallest absolute Gasteiger partial charge is 0.343 e. The van der Waals surface area contributed by atoms with E-state index in [2.05, 4.69) is 9.72 Å². The molecule has 0 unspecified atom stereocenters. The third kappa shape index (κ3) is 2.50. The van der Waals surface area contributed by atoms with E-state index in [1.807, 2.05) is 0 Å². The Morgan fingerprint density at radius 1 is 1.53 bits per heavy atom. The summed E-state index contributed by atoms with van der Waals surface area (Å²) < 4.78 is 35.1. The average molecular weight is 246 g/mol. The highest BCUT2D eigenvalue weighted by atomic mass is 19.3. The quantitative estimate of drug-likeness (QED) is 0.810. The van der Waals surface area contributed by atoms with Crippen LogP contribution >= 0.6 is 0 Å². The van der Waals surface area contributed by atoms with Crippen molar-refractivity contribution in [1.29, 1.82) is 0 Å². The summed E-state index contributed by atoms with van der Waals surface area (Å²) in [6, 6.07) is 0. The molecule has 0 saturated carbocycles. The molecule has 0 aliphatic rings. The first-order chi connectivity index (χ1) is 8.06. The van der Waals surface area contributed by atoms with Crippen molar-refractivity contribution in [3.63, 3.8) is 0 Å². The number of ether oxygens (including phenoxy) is 2. The molecule has 1 rings (SSSR count). The molecule has 0 radical (unpaired) electrons. The first-order valence-corrected chi connectivity index (χ1v) is 4.69. The van der Waals surface area contributed by atoms with Crippen molar-refractivity contribution in [3.8, 4) is 5.88 Å². The van der Waals surface area contributed by atoms with Gasteiger partial charge >= 0.3 is 5.97 Å². The largest absolute Gasteiger partial charge is 0.480 e. The second-order valence-corrected chi connectivity index (χ2v) is 3.08. The van der Waals surface area contributed by atoms with Crippen LogP contribution in [0.1, 0.15) is 27.9 Å². The summed E-state index contributed by atoms with van der Waals surface area (Å²) in [4.78, 5) is 15.2. The molecule has 5 nitrogen and oxygen atoms in total. The number of nitrogens with two attached hydrogens (primary N) is 1. The number of halogens is 2. The molecular formula is C10H12F2N2O3. The zero-order valence-corrected chi connectivity index (χ0v) is 9.37. The normalized spacial score (nSPS) is 10.5. The SMILES string of the molecule is COC(=O)c1c(OC)ncc(CN)c1C(F)F. The van der Waals surface area contributed by atoms with Gasteiger partial charge in [-0.15, -0.1) is 0 Å². The van der Waals surface area contributed by atoms with Crippen LogP contribution < -0.4 is 10.5 Å². The lowest BCUT2D eigenvalue weighted by atomic mass is 10.0. The Hall–Kier alpha value is -1.76. The van der Waals surface area contributed by atoms with Crippen LogP contribution in [0.2, 0.25) is 0 Å². The third-order valence-electron chi connectivity index (χ3n) is 2.19. The summed E-state index contributed by atoms with van der Waals surface area (Å²) in [6.45, 7) is -0.152. The molecular weight excluding hydrogens is 234 g/mol. The van der Waals surface area contributed by atoms with E-state index in [1.165, 1.54) is 7.11 Å². The second kappa shape index (κ2) is 5.53. The molecule has 0 atom stereocenters. The van der Waals surface area contributed by atoms with Gasteiger partial charge in [-0.25, -0.2) is 18.6 Å². The van der Waals surface area contributed by atoms with E-state index in [0.717, 1.165) is 13.3 Å². The van der Waals surface area contributed by atoms with Crippen molar-refractivity contribution >= 4 is 5.97 Å². The van der Waals surface area contributed by atoms with E-state index in [9.17, 15) is 13.6 Å². The van der Waals surface area contributed by atoms with Crippen LogP contribution in [-0.2, 0) is 11.3 Å². The first kappa shape index (κ1) is 13.3. The van der Waals surface area contributed by atoms with Crippen molar-refractivity contribution in [2.75, 3.05) is 14.2 Å². The molecule has 0 fully saturated rings. The molecule has 1 aromatic rings. The molecule has 0 bridgehead atoms. The minimum Gasteiger partial charge on any atom is -0.480 e. The molecule has 0 aliphatic carbocycles. The number of carbonyl (C=O) groups is 1. The number of carbonyl (C=O) groups excluding carboxylic acids is 1. The fourth-order valence-electron chi connectivity index (χ4n) is 1.41. The standard InChI is InChI=1S/C10H12F2N2O3/c1-16-9-7(10(15)17-2)6(8(11)12)5(3-13)4-14-9/h4,8H,3,13H2,1-2H3. The maximum absolute atomic E-state index is 12.9. The van der Waals surface area contributed by atoms with Gasteiger partial charge in [-0.3, -0.25) is 0 Å². The Kier molecular flexibility index (Phi) is 4.33. The zero-order chi connectivity index (χ0) is 13.0. The van der Waals surface area contributed by atoms with Crippen LogP contribution in [0.3, 0.4) is 0 Å².